The third kappa shape index (κ3) is 4.04. The van der Waals surface area contributed by atoms with Crippen LogP contribution in [0, 0.1) is 5.82 Å². The van der Waals surface area contributed by atoms with Gasteiger partial charge in [0.05, 0.1) is 18.2 Å². The fraction of sp³-hybridized carbons (Fsp3) is 0.235. The first-order valence-electron chi connectivity index (χ1n) is 7.82. The minimum absolute atomic E-state index is 0.0558. The molecule has 1 fully saturated rings. The maximum atomic E-state index is 13.3. The van der Waals surface area contributed by atoms with Crippen molar-refractivity contribution < 1.29 is 22.3 Å². The minimum Gasteiger partial charge on any atom is -0.379 e. The van der Waals surface area contributed by atoms with Gasteiger partial charge >= 0.3 is 0 Å². The van der Waals surface area contributed by atoms with E-state index in [9.17, 15) is 17.6 Å². The molecule has 1 N–H and O–H groups in total. The van der Waals surface area contributed by atoms with E-state index in [0.29, 0.717) is 13.2 Å². The van der Waals surface area contributed by atoms with Crippen molar-refractivity contribution in [3.63, 3.8) is 0 Å². The Balaban J connectivity index is 1.86. The van der Waals surface area contributed by atoms with Gasteiger partial charge in [-0.15, -0.1) is 0 Å². The van der Waals surface area contributed by atoms with Gasteiger partial charge < -0.3 is 10.1 Å². The molecule has 0 radical (unpaired) electrons. The van der Waals surface area contributed by atoms with Crippen LogP contribution in [0.3, 0.4) is 0 Å². The van der Waals surface area contributed by atoms with Gasteiger partial charge in [-0.3, -0.25) is 4.79 Å². The van der Waals surface area contributed by atoms with Crippen molar-refractivity contribution in [1.29, 1.82) is 0 Å². The van der Waals surface area contributed by atoms with E-state index in [1.54, 1.807) is 0 Å². The second-order valence-electron chi connectivity index (χ2n) is 5.63. The fourth-order valence-corrected chi connectivity index (χ4v) is 4.45. The number of halogens is 2. The van der Waals surface area contributed by atoms with Gasteiger partial charge in [0, 0.05) is 24.3 Å². The Morgan fingerprint density at radius 3 is 2.58 bits per heavy atom. The van der Waals surface area contributed by atoms with Crippen LogP contribution >= 0.6 is 11.6 Å². The Labute approximate surface area is 155 Å². The van der Waals surface area contributed by atoms with Gasteiger partial charge in [-0.1, -0.05) is 17.7 Å². The smallest absolute Gasteiger partial charge is 0.255 e. The van der Waals surface area contributed by atoms with E-state index in [1.807, 2.05) is 0 Å². The lowest BCUT2D eigenvalue weighted by molar-refractivity contribution is 0.0730. The number of nitrogens with zero attached hydrogens (tertiary/aromatic N) is 1. The Hall–Kier alpha value is -2.00. The average Bonchev–Trinajstić information content (AvgIpc) is 2.64. The molecule has 9 heteroatoms. The zero-order valence-corrected chi connectivity index (χ0v) is 15.2. The van der Waals surface area contributed by atoms with E-state index in [4.69, 9.17) is 16.3 Å². The number of benzene rings is 2. The molecule has 0 aliphatic carbocycles. The Bertz CT molecular complexity index is 930. The normalized spacial score (nSPS) is 15.6. The van der Waals surface area contributed by atoms with Gasteiger partial charge in [-0.25, -0.2) is 12.8 Å². The molecule has 0 unspecified atom stereocenters. The van der Waals surface area contributed by atoms with Gasteiger partial charge in [0.1, 0.15) is 10.7 Å². The first-order valence-corrected chi connectivity index (χ1v) is 9.64. The molecule has 0 atom stereocenters. The van der Waals surface area contributed by atoms with Crippen LogP contribution in [-0.4, -0.2) is 44.9 Å². The lowest BCUT2D eigenvalue weighted by Gasteiger charge is -2.26. The number of hydrogen-bond acceptors (Lipinski definition) is 4. The first-order chi connectivity index (χ1) is 12.4. The fourth-order valence-electron chi connectivity index (χ4n) is 2.54. The van der Waals surface area contributed by atoms with Crippen molar-refractivity contribution in [1.82, 2.24) is 4.31 Å². The van der Waals surface area contributed by atoms with Crippen molar-refractivity contribution in [3.05, 3.63) is 58.9 Å². The summed E-state index contributed by atoms with van der Waals surface area (Å²) in [5.41, 5.74) is 0.369. The van der Waals surface area contributed by atoms with Crippen molar-refractivity contribution in [2.75, 3.05) is 31.6 Å². The van der Waals surface area contributed by atoms with E-state index in [1.165, 1.54) is 40.7 Å². The second kappa shape index (κ2) is 7.71. The standard InChI is InChI=1S/C17H16ClFN2O4S/c18-15-5-4-14(20-17(22)12-2-1-3-13(19)10-12)11-16(15)26(23,24)21-6-8-25-9-7-21/h1-5,10-11H,6-9H2,(H,20,22). The molecule has 6 nitrogen and oxygen atoms in total. The van der Waals surface area contributed by atoms with Crippen LogP contribution in [0.2, 0.25) is 5.02 Å². The van der Waals surface area contributed by atoms with Crippen molar-refractivity contribution in [2.24, 2.45) is 0 Å². The number of rotatable bonds is 4. The molecule has 2 aromatic rings. The van der Waals surface area contributed by atoms with Crippen LogP contribution < -0.4 is 5.32 Å². The summed E-state index contributed by atoms with van der Waals surface area (Å²) in [5.74, 6) is -1.09. The number of amides is 1. The van der Waals surface area contributed by atoms with Gasteiger partial charge in [-0.2, -0.15) is 4.31 Å². The predicted molar refractivity (Wildman–Crippen MR) is 95.4 cm³/mol. The van der Waals surface area contributed by atoms with Crippen molar-refractivity contribution in [3.8, 4) is 0 Å². The lowest BCUT2D eigenvalue weighted by atomic mass is 10.2. The molecular weight excluding hydrogens is 383 g/mol. The van der Waals surface area contributed by atoms with Gasteiger partial charge in [0.25, 0.3) is 5.91 Å². The number of carbonyl (C=O) groups is 1. The van der Waals surface area contributed by atoms with Crippen LogP contribution in [0.4, 0.5) is 10.1 Å². The Kier molecular flexibility index (Phi) is 5.57. The summed E-state index contributed by atoms with van der Waals surface area (Å²) in [4.78, 5) is 12.1. The van der Waals surface area contributed by atoms with Crippen LogP contribution in [0.25, 0.3) is 0 Å². The first kappa shape index (κ1) is 18.8. The monoisotopic (exact) mass is 398 g/mol. The van der Waals surface area contributed by atoms with Crippen LogP contribution in [0.5, 0.6) is 0 Å². The van der Waals surface area contributed by atoms with E-state index in [2.05, 4.69) is 5.32 Å². The van der Waals surface area contributed by atoms with E-state index in [-0.39, 0.29) is 34.3 Å². The molecule has 0 spiro atoms. The maximum absolute atomic E-state index is 13.3. The molecule has 0 bridgehead atoms. The van der Waals surface area contributed by atoms with Crippen molar-refractivity contribution in [2.45, 2.75) is 4.90 Å². The van der Waals surface area contributed by atoms with E-state index < -0.39 is 21.7 Å². The zero-order chi connectivity index (χ0) is 18.7. The SMILES string of the molecule is O=C(Nc1ccc(Cl)c(S(=O)(=O)N2CCOCC2)c1)c1cccc(F)c1. The molecule has 26 heavy (non-hydrogen) atoms. The van der Waals surface area contributed by atoms with E-state index in [0.717, 1.165) is 6.07 Å². The van der Waals surface area contributed by atoms with Gasteiger partial charge in [0.2, 0.25) is 10.0 Å². The Morgan fingerprint density at radius 1 is 1.15 bits per heavy atom. The topological polar surface area (TPSA) is 75.7 Å². The number of sulfonamides is 1. The molecule has 3 rings (SSSR count). The minimum atomic E-state index is -3.81. The molecule has 1 saturated heterocycles. The number of carbonyl (C=O) groups excluding carboxylic acids is 1. The highest BCUT2D eigenvalue weighted by Crippen LogP contribution is 2.28. The summed E-state index contributed by atoms with van der Waals surface area (Å²) in [6, 6.07) is 9.38. The number of ether oxygens (including phenoxy) is 1. The largest absolute Gasteiger partial charge is 0.379 e. The van der Waals surface area contributed by atoms with E-state index >= 15 is 0 Å². The number of hydrogen-bond donors (Lipinski definition) is 1. The molecule has 138 valence electrons. The maximum Gasteiger partial charge on any atom is 0.255 e. The number of anilines is 1. The van der Waals surface area contributed by atoms with Crippen LogP contribution in [-0.2, 0) is 14.8 Å². The number of nitrogens with one attached hydrogen (secondary N) is 1. The molecule has 0 saturated carbocycles. The van der Waals surface area contributed by atoms with Crippen molar-refractivity contribution >= 4 is 33.2 Å². The third-order valence-electron chi connectivity index (χ3n) is 3.86. The summed E-state index contributed by atoms with van der Waals surface area (Å²) in [6.07, 6.45) is 0. The predicted octanol–water partition coefficient (Wildman–Crippen LogP) is 2.75. The molecule has 1 amide bonds. The van der Waals surface area contributed by atoms with Crippen LogP contribution in [0.1, 0.15) is 10.4 Å². The lowest BCUT2D eigenvalue weighted by Crippen LogP contribution is -2.40. The summed E-state index contributed by atoms with van der Waals surface area (Å²) >= 11 is 6.07. The quantitative estimate of drug-likeness (QED) is 0.859. The Morgan fingerprint density at radius 2 is 1.88 bits per heavy atom. The summed E-state index contributed by atoms with van der Waals surface area (Å²) in [6.45, 7) is 1.09. The second-order valence-corrected chi connectivity index (χ2v) is 7.94. The van der Waals surface area contributed by atoms with Gasteiger partial charge in [0.15, 0.2) is 0 Å². The highest BCUT2D eigenvalue weighted by molar-refractivity contribution is 7.89. The molecule has 1 heterocycles. The molecule has 2 aromatic carbocycles. The zero-order valence-electron chi connectivity index (χ0n) is 13.6. The summed E-state index contributed by atoms with van der Waals surface area (Å²) in [5, 5.41) is 2.61. The summed E-state index contributed by atoms with van der Waals surface area (Å²) < 4.78 is 45.3. The molecule has 0 aromatic heterocycles. The third-order valence-corrected chi connectivity index (χ3v) is 6.24. The van der Waals surface area contributed by atoms with Crippen LogP contribution in [0.15, 0.2) is 47.4 Å². The molecule has 1 aliphatic heterocycles. The highest BCUT2D eigenvalue weighted by atomic mass is 35.5. The molecular formula is C17H16ClFN2O4S. The average molecular weight is 399 g/mol. The molecule has 1 aliphatic rings. The van der Waals surface area contributed by atoms with Gasteiger partial charge in [-0.05, 0) is 36.4 Å². The summed E-state index contributed by atoms with van der Waals surface area (Å²) in [7, 11) is -3.81. The number of morpholine rings is 1. The highest BCUT2D eigenvalue weighted by Gasteiger charge is 2.28.